The Balaban J connectivity index is 2.08. The van der Waals surface area contributed by atoms with Crippen LogP contribution in [0.15, 0.2) is 60.7 Å². The first-order chi connectivity index (χ1) is 13.3. The second-order valence-corrected chi connectivity index (χ2v) is 7.38. The van der Waals surface area contributed by atoms with Gasteiger partial charge >= 0.3 is 6.09 Å². The number of amides is 2. The van der Waals surface area contributed by atoms with Gasteiger partial charge in [0, 0.05) is 18.3 Å². The van der Waals surface area contributed by atoms with Crippen molar-refractivity contribution in [1.29, 1.82) is 0 Å². The largest absolute Gasteiger partial charge is 0.444 e. The maximum absolute atomic E-state index is 12.4. The summed E-state index contributed by atoms with van der Waals surface area (Å²) in [4.78, 5) is 26.3. The summed E-state index contributed by atoms with van der Waals surface area (Å²) in [5, 5.41) is 2.89. The molecule has 0 aromatic heterocycles. The fourth-order valence-corrected chi connectivity index (χ4v) is 2.53. The zero-order valence-corrected chi connectivity index (χ0v) is 16.9. The molecule has 5 heteroatoms. The molecule has 0 spiro atoms. The summed E-state index contributed by atoms with van der Waals surface area (Å²) in [7, 11) is 0. The van der Waals surface area contributed by atoms with Crippen molar-refractivity contribution in [2.45, 2.75) is 39.8 Å². The molecule has 0 unspecified atom stereocenters. The smallest absolute Gasteiger partial charge is 0.410 e. The Morgan fingerprint density at radius 2 is 1.68 bits per heavy atom. The third-order valence-corrected chi connectivity index (χ3v) is 3.90. The van der Waals surface area contributed by atoms with Gasteiger partial charge in [-0.15, -0.1) is 0 Å². The van der Waals surface area contributed by atoms with Gasteiger partial charge < -0.3 is 15.0 Å². The van der Waals surface area contributed by atoms with E-state index in [0.29, 0.717) is 18.8 Å². The Bertz CT molecular complexity index is 823. The zero-order valence-electron chi connectivity index (χ0n) is 16.9. The highest BCUT2D eigenvalue weighted by Gasteiger charge is 2.22. The number of ether oxygens (including phenoxy) is 1. The molecule has 2 rings (SSSR count). The molecule has 0 heterocycles. The van der Waals surface area contributed by atoms with Crippen LogP contribution in [0.25, 0.3) is 6.08 Å². The van der Waals surface area contributed by atoms with Gasteiger partial charge in [-0.25, -0.2) is 4.79 Å². The van der Waals surface area contributed by atoms with Crippen molar-refractivity contribution in [3.63, 3.8) is 0 Å². The molecule has 28 heavy (non-hydrogen) atoms. The van der Waals surface area contributed by atoms with Crippen LogP contribution < -0.4 is 5.32 Å². The minimum atomic E-state index is -0.555. The van der Waals surface area contributed by atoms with Crippen molar-refractivity contribution < 1.29 is 14.3 Å². The normalized spacial score (nSPS) is 11.3. The number of hydrogen-bond acceptors (Lipinski definition) is 3. The van der Waals surface area contributed by atoms with Crippen LogP contribution in [0.4, 0.5) is 10.5 Å². The molecule has 0 bridgehead atoms. The Labute approximate surface area is 167 Å². The highest BCUT2D eigenvalue weighted by Crippen LogP contribution is 2.19. The first kappa shape index (κ1) is 21.2. The number of carbonyl (C=O) groups excluding carboxylic acids is 2. The van der Waals surface area contributed by atoms with Gasteiger partial charge in [0.25, 0.3) is 0 Å². The van der Waals surface area contributed by atoms with Crippen LogP contribution >= 0.6 is 0 Å². The molecule has 0 aliphatic carbocycles. The Morgan fingerprint density at radius 3 is 2.32 bits per heavy atom. The molecule has 0 aliphatic heterocycles. The van der Waals surface area contributed by atoms with Gasteiger partial charge in [0.15, 0.2) is 0 Å². The van der Waals surface area contributed by atoms with Gasteiger partial charge in [-0.1, -0.05) is 48.5 Å². The van der Waals surface area contributed by atoms with Crippen molar-refractivity contribution in [2.75, 3.05) is 11.9 Å². The minimum absolute atomic E-state index is 0.225. The Morgan fingerprint density at radius 1 is 1.04 bits per heavy atom. The first-order valence-electron chi connectivity index (χ1n) is 9.38. The summed E-state index contributed by atoms with van der Waals surface area (Å²) >= 11 is 0. The van der Waals surface area contributed by atoms with Gasteiger partial charge in [-0.2, -0.15) is 0 Å². The lowest BCUT2D eigenvalue weighted by atomic mass is 10.1. The maximum Gasteiger partial charge on any atom is 0.410 e. The molecule has 0 atom stereocenters. The Hall–Kier alpha value is -3.08. The minimum Gasteiger partial charge on any atom is -0.444 e. The molecule has 0 radical (unpaired) electrons. The fraction of sp³-hybridized carbons (Fsp3) is 0.304. The number of benzene rings is 2. The van der Waals surface area contributed by atoms with Crippen molar-refractivity contribution in [2.24, 2.45) is 0 Å². The predicted octanol–water partition coefficient (Wildman–Crippen LogP) is 5.10. The number of hydrogen-bond donors (Lipinski definition) is 1. The first-order valence-corrected chi connectivity index (χ1v) is 9.38. The molecular formula is C23H28N2O3. The standard InChI is InChI=1S/C23H28N2O3/c1-5-25(22(27)28-23(2,3)4)17-19-13-9-10-14-20(19)24-21(26)16-15-18-11-7-6-8-12-18/h6-16H,5,17H2,1-4H3,(H,24,26)/b16-15+. The number of para-hydroxylation sites is 1. The summed E-state index contributed by atoms with van der Waals surface area (Å²) in [6.45, 7) is 8.27. The topological polar surface area (TPSA) is 58.6 Å². The molecular weight excluding hydrogens is 352 g/mol. The fourth-order valence-electron chi connectivity index (χ4n) is 2.53. The molecule has 0 saturated heterocycles. The van der Waals surface area contributed by atoms with Crippen LogP contribution in [0, 0.1) is 0 Å². The monoisotopic (exact) mass is 380 g/mol. The molecule has 0 aliphatic rings. The van der Waals surface area contributed by atoms with E-state index in [9.17, 15) is 9.59 Å². The molecule has 148 valence electrons. The van der Waals surface area contributed by atoms with Crippen LogP contribution in [0.2, 0.25) is 0 Å². The van der Waals surface area contributed by atoms with Crippen molar-refractivity contribution in [3.8, 4) is 0 Å². The molecule has 0 saturated carbocycles. The van der Waals surface area contributed by atoms with Crippen molar-refractivity contribution in [1.82, 2.24) is 4.90 Å². The third-order valence-electron chi connectivity index (χ3n) is 3.90. The summed E-state index contributed by atoms with van der Waals surface area (Å²) in [6.07, 6.45) is 2.88. The van der Waals surface area contributed by atoms with Crippen LogP contribution in [0.1, 0.15) is 38.8 Å². The maximum atomic E-state index is 12.4. The van der Waals surface area contributed by atoms with Gasteiger partial charge in [0.05, 0.1) is 6.54 Å². The van der Waals surface area contributed by atoms with Crippen LogP contribution in [-0.4, -0.2) is 29.0 Å². The van der Waals surface area contributed by atoms with Crippen LogP contribution in [-0.2, 0) is 16.1 Å². The van der Waals surface area contributed by atoms with E-state index in [0.717, 1.165) is 11.1 Å². The second kappa shape index (κ2) is 9.74. The molecule has 2 aromatic rings. The van der Waals surface area contributed by atoms with E-state index in [1.165, 1.54) is 6.08 Å². The van der Waals surface area contributed by atoms with Crippen molar-refractivity contribution >= 4 is 23.8 Å². The van der Waals surface area contributed by atoms with Crippen molar-refractivity contribution in [3.05, 3.63) is 71.8 Å². The van der Waals surface area contributed by atoms with E-state index in [1.54, 1.807) is 11.0 Å². The summed E-state index contributed by atoms with van der Waals surface area (Å²) in [5.41, 5.74) is 1.91. The summed E-state index contributed by atoms with van der Waals surface area (Å²) in [6, 6.07) is 17.1. The predicted molar refractivity (Wildman–Crippen MR) is 113 cm³/mol. The molecule has 1 N–H and O–H groups in total. The van der Waals surface area contributed by atoms with Gasteiger partial charge in [-0.05, 0) is 51.0 Å². The number of carbonyl (C=O) groups is 2. The third kappa shape index (κ3) is 6.91. The summed E-state index contributed by atoms with van der Waals surface area (Å²) in [5.74, 6) is -0.225. The lowest BCUT2D eigenvalue weighted by Crippen LogP contribution is -2.36. The van der Waals surface area contributed by atoms with E-state index in [4.69, 9.17) is 4.74 Å². The number of nitrogens with zero attached hydrogens (tertiary/aromatic N) is 1. The van der Waals surface area contributed by atoms with Crippen LogP contribution in [0.5, 0.6) is 0 Å². The molecule has 2 aromatic carbocycles. The van der Waals surface area contributed by atoms with Gasteiger partial charge in [0.1, 0.15) is 5.60 Å². The highest BCUT2D eigenvalue weighted by atomic mass is 16.6. The lowest BCUT2D eigenvalue weighted by Gasteiger charge is -2.27. The molecule has 5 nitrogen and oxygen atoms in total. The van der Waals surface area contributed by atoms with E-state index in [2.05, 4.69) is 5.32 Å². The van der Waals surface area contributed by atoms with E-state index < -0.39 is 5.60 Å². The van der Waals surface area contributed by atoms with Crippen LogP contribution in [0.3, 0.4) is 0 Å². The molecule has 0 fully saturated rings. The highest BCUT2D eigenvalue weighted by molar-refractivity contribution is 6.02. The second-order valence-electron chi connectivity index (χ2n) is 7.38. The van der Waals surface area contributed by atoms with E-state index >= 15 is 0 Å². The average Bonchev–Trinajstić information content (AvgIpc) is 2.65. The number of rotatable bonds is 6. The average molecular weight is 380 g/mol. The number of nitrogens with one attached hydrogen (secondary N) is 1. The quantitative estimate of drug-likeness (QED) is 0.710. The van der Waals surface area contributed by atoms with Gasteiger partial charge in [-0.3, -0.25) is 4.79 Å². The van der Waals surface area contributed by atoms with E-state index in [-0.39, 0.29) is 12.0 Å². The SMILES string of the molecule is CCN(Cc1ccccc1NC(=O)/C=C/c1ccccc1)C(=O)OC(C)(C)C. The zero-order chi connectivity index (χ0) is 20.6. The molecule has 2 amide bonds. The Kier molecular flexibility index (Phi) is 7.38. The van der Waals surface area contributed by atoms with Gasteiger partial charge in [0.2, 0.25) is 5.91 Å². The van der Waals surface area contributed by atoms with E-state index in [1.807, 2.05) is 82.3 Å². The number of anilines is 1. The summed E-state index contributed by atoms with van der Waals surface area (Å²) < 4.78 is 5.46. The lowest BCUT2D eigenvalue weighted by molar-refractivity contribution is -0.111.